The number of aliphatic hydroxyl groups is 1. The van der Waals surface area contributed by atoms with Crippen LogP contribution in [0.4, 0.5) is 13.2 Å². The smallest absolute Gasteiger partial charge is 0.422 e. The van der Waals surface area contributed by atoms with Crippen molar-refractivity contribution < 1.29 is 23.0 Å². The number of pyridine rings is 1. The molecule has 3 N–H and O–H groups in total. The highest BCUT2D eigenvalue weighted by molar-refractivity contribution is 14.0. The van der Waals surface area contributed by atoms with Crippen molar-refractivity contribution in [2.45, 2.75) is 32.2 Å². The van der Waals surface area contributed by atoms with Crippen molar-refractivity contribution in [3.63, 3.8) is 0 Å². The fourth-order valence-corrected chi connectivity index (χ4v) is 2.97. The van der Waals surface area contributed by atoms with E-state index in [-0.39, 0.29) is 42.9 Å². The number of aliphatic imine (C=N–C) groups is 1. The molecule has 0 aliphatic carbocycles. The van der Waals surface area contributed by atoms with Crippen LogP contribution in [-0.4, -0.2) is 41.9 Å². The third kappa shape index (κ3) is 9.17. The quantitative estimate of drug-likeness (QED) is 0.269. The first kappa shape index (κ1) is 25.4. The van der Waals surface area contributed by atoms with Crippen molar-refractivity contribution in [1.82, 2.24) is 15.6 Å². The zero-order valence-corrected chi connectivity index (χ0v) is 19.1. The summed E-state index contributed by atoms with van der Waals surface area (Å²) >= 11 is 1.47. The lowest BCUT2D eigenvalue weighted by atomic mass is 10.1. The molecule has 6 nitrogen and oxygen atoms in total. The van der Waals surface area contributed by atoms with Gasteiger partial charge in [0, 0.05) is 23.7 Å². The minimum Gasteiger partial charge on any atom is -0.468 e. The van der Waals surface area contributed by atoms with Gasteiger partial charge in [-0.3, -0.25) is 0 Å². The van der Waals surface area contributed by atoms with E-state index in [1.165, 1.54) is 23.6 Å². The molecule has 0 aromatic carbocycles. The van der Waals surface area contributed by atoms with Gasteiger partial charge < -0.3 is 20.5 Å². The van der Waals surface area contributed by atoms with Crippen molar-refractivity contribution in [3.05, 3.63) is 46.3 Å². The minimum atomic E-state index is -4.40. The Hall–Kier alpha value is -1.60. The molecule has 0 saturated heterocycles. The van der Waals surface area contributed by atoms with Crippen LogP contribution in [0.15, 0.2) is 40.8 Å². The van der Waals surface area contributed by atoms with E-state index in [0.717, 1.165) is 4.88 Å². The molecular formula is C18H24F3IN4O2S. The SMILES string of the molecule is CCNC(=NCc1ccc(OCC(F)(F)F)nc1)NCC(C)(O)c1cccs1.I. The second kappa shape index (κ2) is 11.6. The Bertz CT molecular complexity index is 753. The normalized spacial score (nSPS) is 13.9. The molecule has 11 heteroatoms. The third-order valence-electron chi connectivity index (χ3n) is 3.60. The monoisotopic (exact) mass is 544 g/mol. The van der Waals surface area contributed by atoms with Crippen LogP contribution in [0.3, 0.4) is 0 Å². The fraction of sp³-hybridized carbons (Fsp3) is 0.444. The zero-order valence-electron chi connectivity index (χ0n) is 16.0. The number of alkyl halides is 3. The van der Waals surface area contributed by atoms with Crippen LogP contribution in [-0.2, 0) is 12.1 Å². The van der Waals surface area contributed by atoms with E-state index in [4.69, 9.17) is 0 Å². The Morgan fingerprint density at radius 1 is 1.28 bits per heavy atom. The number of ether oxygens (including phenoxy) is 1. The average Bonchev–Trinajstić information content (AvgIpc) is 3.18. The van der Waals surface area contributed by atoms with E-state index in [1.54, 1.807) is 13.0 Å². The Balaban J connectivity index is 0.00000420. The summed E-state index contributed by atoms with van der Waals surface area (Å²) in [7, 11) is 0. The Morgan fingerprint density at radius 3 is 2.59 bits per heavy atom. The van der Waals surface area contributed by atoms with Gasteiger partial charge >= 0.3 is 6.18 Å². The second-order valence-corrected chi connectivity index (χ2v) is 7.16. The molecule has 162 valence electrons. The lowest BCUT2D eigenvalue weighted by Gasteiger charge is -2.23. The summed E-state index contributed by atoms with van der Waals surface area (Å²) < 4.78 is 41.0. The summed E-state index contributed by atoms with van der Waals surface area (Å²) in [6, 6.07) is 6.72. The highest BCUT2D eigenvalue weighted by Gasteiger charge is 2.28. The van der Waals surface area contributed by atoms with E-state index < -0.39 is 18.4 Å². The summed E-state index contributed by atoms with van der Waals surface area (Å²) in [6.07, 6.45) is -2.98. The molecule has 2 aromatic heterocycles. The van der Waals surface area contributed by atoms with Crippen LogP contribution in [0.5, 0.6) is 5.88 Å². The van der Waals surface area contributed by atoms with Gasteiger partial charge in [0.1, 0.15) is 5.60 Å². The molecule has 2 aromatic rings. The first-order valence-electron chi connectivity index (χ1n) is 8.62. The summed E-state index contributed by atoms with van der Waals surface area (Å²) in [5.74, 6) is 0.416. The van der Waals surface area contributed by atoms with Crippen LogP contribution in [0, 0.1) is 0 Å². The molecule has 29 heavy (non-hydrogen) atoms. The number of nitrogens with one attached hydrogen (secondary N) is 2. The molecule has 0 spiro atoms. The molecule has 2 rings (SSSR count). The molecule has 0 aliphatic rings. The lowest BCUT2D eigenvalue weighted by molar-refractivity contribution is -0.154. The summed E-state index contributed by atoms with van der Waals surface area (Å²) in [6.45, 7) is 3.43. The highest BCUT2D eigenvalue weighted by Crippen LogP contribution is 2.24. The molecule has 0 bridgehead atoms. The summed E-state index contributed by atoms with van der Waals surface area (Å²) in [5, 5.41) is 18.7. The standard InChI is InChI=1S/C18H23F3N4O2S.HI/c1-3-22-16(25-11-17(2,26)14-5-4-8-28-14)24-10-13-6-7-15(23-9-13)27-12-18(19,20)21;/h4-9,26H,3,10-12H2,1-2H3,(H2,22,24,25);1H. The van der Waals surface area contributed by atoms with Crippen molar-refractivity contribution >= 4 is 41.3 Å². The Morgan fingerprint density at radius 2 is 2.03 bits per heavy atom. The largest absolute Gasteiger partial charge is 0.468 e. The second-order valence-electron chi connectivity index (χ2n) is 6.21. The number of guanidine groups is 1. The summed E-state index contributed by atoms with van der Waals surface area (Å²) in [5.41, 5.74) is -0.329. The third-order valence-corrected chi connectivity index (χ3v) is 4.72. The Labute approximate surface area is 188 Å². The number of halogens is 4. The number of hydrogen-bond acceptors (Lipinski definition) is 5. The molecule has 0 aliphatic heterocycles. The van der Waals surface area contributed by atoms with Gasteiger partial charge in [0.15, 0.2) is 12.6 Å². The van der Waals surface area contributed by atoms with Crippen LogP contribution < -0.4 is 15.4 Å². The number of rotatable bonds is 8. The molecule has 0 saturated carbocycles. The van der Waals surface area contributed by atoms with E-state index in [1.807, 2.05) is 24.4 Å². The molecule has 0 amide bonds. The molecule has 2 heterocycles. The van der Waals surface area contributed by atoms with Crippen LogP contribution in [0.2, 0.25) is 0 Å². The van der Waals surface area contributed by atoms with Crippen LogP contribution in [0.1, 0.15) is 24.3 Å². The first-order valence-corrected chi connectivity index (χ1v) is 9.50. The van der Waals surface area contributed by atoms with Crippen molar-refractivity contribution in [2.75, 3.05) is 19.7 Å². The van der Waals surface area contributed by atoms with Gasteiger partial charge in [-0.05, 0) is 30.9 Å². The van der Waals surface area contributed by atoms with Gasteiger partial charge in [-0.2, -0.15) is 13.2 Å². The lowest BCUT2D eigenvalue weighted by Crippen LogP contribution is -2.44. The molecule has 0 fully saturated rings. The molecule has 1 unspecified atom stereocenters. The number of hydrogen-bond donors (Lipinski definition) is 3. The number of nitrogens with zero attached hydrogens (tertiary/aromatic N) is 2. The highest BCUT2D eigenvalue weighted by atomic mass is 127. The predicted molar refractivity (Wildman–Crippen MR) is 118 cm³/mol. The number of aromatic nitrogens is 1. The van der Waals surface area contributed by atoms with Gasteiger partial charge in [-0.25, -0.2) is 9.98 Å². The maximum Gasteiger partial charge on any atom is 0.422 e. The molecule has 0 radical (unpaired) electrons. The fourth-order valence-electron chi connectivity index (χ4n) is 2.19. The van der Waals surface area contributed by atoms with Crippen LogP contribution >= 0.6 is 35.3 Å². The van der Waals surface area contributed by atoms with Gasteiger partial charge in [-0.15, -0.1) is 35.3 Å². The number of thiophene rings is 1. The Kier molecular flexibility index (Phi) is 10.1. The van der Waals surface area contributed by atoms with Gasteiger partial charge in [0.25, 0.3) is 0 Å². The predicted octanol–water partition coefficient (Wildman–Crippen LogP) is 3.67. The minimum absolute atomic E-state index is 0. The maximum atomic E-state index is 12.1. The van der Waals surface area contributed by atoms with E-state index in [0.29, 0.717) is 18.1 Å². The van der Waals surface area contributed by atoms with Crippen LogP contribution in [0.25, 0.3) is 0 Å². The van der Waals surface area contributed by atoms with E-state index in [9.17, 15) is 18.3 Å². The van der Waals surface area contributed by atoms with Crippen molar-refractivity contribution in [1.29, 1.82) is 0 Å². The molecular weight excluding hydrogens is 520 g/mol. The maximum absolute atomic E-state index is 12.1. The average molecular weight is 544 g/mol. The van der Waals surface area contributed by atoms with Gasteiger partial charge in [0.05, 0.1) is 13.1 Å². The first-order chi connectivity index (χ1) is 13.2. The van der Waals surface area contributed by atoms with E-state index in [2.05, 4.69) is 25.3 Å². The van der Waals surface area contributed by atoms with Gasteiger partial charge in [-0.1, -0.05) is 12.1 Å². The topological polar surface area (TPSA) is 78.8 Å². The van der Waals surface area contributed by atoms with Crippen molar-refractivity contribution in [3.8, 4) is 5.88 Å². The zero-order chi connectivity index (χ0) is 20.6. The molecule has 1 atom stereocenters. The van der Waals surface area contributed by atoms with Gasteiger partial charge in [0.2, 0.25) is 5.88 Å². The van der Waals surface area contributed by atoms with Crippen molar-refractivity contribution in [2.24, 2.45) is 4.99 Å². The summed E-state index contributed by atoms with van der Waals surface area (Å²) in [4.78, 5) is 9.10. The van der Waals surface area contributed by atoms with E-state index >= 15 is 0 Å².